The molecule has 2 N–H and O–H groups in total. The number of hydrogen-bond acceptors (Lipinski definition) is 2. The number of pyridine rings is 1. The van der Waals surface area contributed by atoms with Crippen LogP contribution in [0, 0.1) is 0 Å². The van der Waals surface area contributed by atoms with Crippen LogP contribution in [0.1, 0.15) is 32.4 Å². The van der Waals surface area contributed by atoms with Gasteiger partial charge in [0.25, 0.3) is 0 Å². The van der Waals surface area contributed by atoms with Gasteiger partial charge in [0, 0.05) is 23.3 Å². The molecule has 0 radical (unpaired) electrons. The van der Waals surface area contributed by atoms with Gasteiger partial charge in [-0.3, -0.25) is 4.98 Å². The summed E-state index contributed by atoms with van der Waals surface area (Å²) in [6.45, 7) is 6.14. The third-order valence-corrected chi connectivity index (χ3v) is 2.25. The Hall–Kier alpha value is -0.890. The van der Waals surface area contributed by atoms with E-state index in [-0.39, 0.29) is 5.54 Å². The van der Waals surface area contributed by atoms with E-state index in [0.717, 1.165) is 5.69 Å². The molecule has 0 saturated carbocycles. The summed E-state index contributed by atoms with van der Waals surface area (Å²) in [4.78, 5) is 4.27. The van der Waals surface area contributed by atoms with Gasteiger partial charge in [0.15, 0.2) is 0 Å². The van der Waals surface area contributed by atoms with Crippen molar-refractivity contribution in [3.05, 3.63) is 30.1 Å². The molecule has 0 amide bonds. The quantitative estimate of drug-likeness (QED) is 0.725. The highest BCUT2D eigenvalue weighted by Crippen LogP contribution is 2.22. The molecule has 0 bridgehead atoms. The van der Waals surface area contributed by atoms with Crippen molar-refractivity contribution in [1.29, 1.82) is 0 Å². The lowest BCUT2D eigenvalue weighted by molar-refractivity contribution is 0.428. The summed E-state index contributed by atoms with van der Waals surface area (Å²) in [5.74, 6) is 0.290. The fraction of sp³-hybridized carbons (Fsp3) is 0.500. The Bertz CT molecular complexity index is 236. The number of nitrogens with zero attached hydrogens (tertiary/aromatic N) is 1. The van der Waals surface area contributed by atoms with Gasteiger partial charge in [0.2, 0.25) is 0 Å². The Balaban J connectivity index is 2.86. The third kappa shape index (κ3) is 2.05. The summed E-state index contributed by atoms with van der Waals surface area (Å²) in [5.41, 5.74) is 6.83. The number of nitrogens with two attached hydrogens (primary N) is 1. The standard InChI is InChI=1S/C10H16N2/c1-8(10(2,3)11)9-6-4-5-7-12-9/h4-8H,11H2,1-3H3. The Labute approximate surface area is 73.8 Å². The predicted octanol–water partition coefficient (Wildman–Crippen LogP) is 1.92. The zero-order valence-corrected chi connectivity index (χ0v) is 7.91. The molecular formula is C10H16N2. The third-order valence-electron chi connectivity index (χ3n) is 2.25. The maximum atomic E-state index is 5.97. The molecule has 1 heterocycles. The van der Waals surface area contributed by atoms with E-state index in [1.165, 1.54) is 0 Å². The summed E-state index contributed by atoms with van der Waals surface area (Å²) < 4.78 is 0. The van der Waals surface area contributed by atoms with Crippen molar-refractivity contribution < 1.29 is 0 Å². The molecule has 12 heavy (non-hydrogen) atoms. The topological polar surface area (TPSA) is 38.9 Å². The number of rotatable bonds is 2. The second-order valence-corrected chi connectivity index (χ2v) is 3.80. The minimum Gasteiger partial charge on any atom is -0.325 e. The monoisotopic (exact) mass is 164 g/mol. The SMILES string of the molecule is CC(c1ccccn1)C(C)(C)N. The van der Waals surface area contributed by atoms with E-state index in [1.54, 1.807) is 6.20 Å². The summed E-state index contributed by atoms with van der Waals surface area (Å²) >= 11 is 0. The van der Waals surface area contributed by atoms with Crippen LogP contribution in [0.15, 0.2) is 24.4 Å². The van der Waals surface area contributed by atoms with Gasteiger partial charge in [-0.15, -0.1) is 0 Å². The number of hydrogen-bond donors (Lipinski definition) is 1. The van der Waals surface area contributed by atoms with Gasteiger partial charge >= 0.3 is 0 Å². The predicted molar refractivity (Wildman–Crippen MR) is 50.9 cm³/mol. The first-order valence-electron chi connectivity index (χ1n) is 4.21. The van der Waals surface area contributed by atoms with Gasteiger partial charge in [-0.25, -0.2) is 0 Å². The summed E-state index contributed by atoms with van der Waals surface area (Å²) in [7, 11) is 0. The molecule has 0 aliphatic carbocycles. The van der Waals surface area contributed by atoms with Crippen LogP contribution >= 0.6 is 0 Å². The Morgan fingerprint density at radius 2 is 2.08 bits per heavy atom. The molecule has 1 atom stereocenters. The van der Waals surface area contributed by atoms with Crippen LogP contribution in [-0.2, 0) is 0 Å². The van der Waals surface area contributed by atoms with Crippen LogP contribution in [0.5, 0.6) is 0 Å². The Kier molecular flexibility index (Phi) is 2.48. The van der Waals surface area contributed by atoms with E-state index >= 15 is 0 Å². The van der Waals surface area contributed by atoms with Crippen LogP contribution in [0.4, 0.5) is 0 Å². The van der Waals surface area contributed by atoms with Crippen molar-refractivity contribution in [2.75, 3.05) is 0 Å². The van der Waals surface area contributed by atoms with Crippen LogP contribution in [0.3, 0.4) is 0 Å². The first kappa shape index (κ1) is 9.20. The molecule has 2 heteroatoms. The zero-order chi connectivity index (χ0) is 9.19. The minimum atomic E-state index is -0.200. The van der Waals surface area contributed by atoms with Crippen LogP contribution in [-0.4, -0.2) is 10.5 Å². The maximum absolute atomic E-state index is 5.97. The van der Waals surface area contributed by atoms with E-state index in [1.807, 2.05) is 32.0 Å². The fourth-order valence-corrected chi connectivity index (χ4v) is 1.01. The lowest BCUT2D eigenvalue weighted by Gasteiger charge is -2.26. The van der Waals surface area contributed by atoms with Crippen LogP contribution in [0.2, 0.25) is 0 Å². The highest BCUT2D eigenvalue weighted by molar-refractivity contribution is 5.12. The molecule has 0 saturated heterocycles. The van der Waals surface area contributed by atoms with Gasteiger partial charge < -0.3 is 5.73 Å². The second kappa shape index (κ2) is 3.23. The molecular weight excluding hydrogens is 148 g/mol. The van der Waals surface area contributed by atoms with E-state index in [4.69, 9.17) is 5.73 Å². The van der Waals surface area contributed by atoms with E-state index in [0.29, 0.717) is 5.92 Å². The average Bonchev–Trinajstić information content (AvgIpc) is 2.03. The smallest absolute Gasteiger partial charge is 0.0449 e. The summed E-state index contributed by atoms with van der Waals surface area (Å²) in [6, 6.07) is 5.92. The molecule has 2 nitrogen and oxygen atoms in total. The van der Waals surface area contributed by atoms with E-state index < -0.39 is 0 Å². The highest BCUT2D eigenvalue weighted by atomic mass is 14.8. The van der Waals surface area contributed by atoms with Crippen LogP contribution < -0.4 is 5.73 Å². The number of aromatic nitrogens is 1. The normalized spacial score (nSPS) is 14.3. The summed E-state index contributed by atoms with van der Waals surface area (Å²) in [6.07, 6.45) is 1.80. The molecule has 0 spiro atoms. The Morgan fingerprint density at radius 1 is 1.42 bits per heavy atom. The molecule has 0 aliphatic heterocycles. The molecule has 0 aromatic carbocycles. The molecule has 1 aromatic heterocycles. The first-order chi connectivity index (χ1) is 5.52. The van der Waals surface area contributed by atoms with Crippen molar-refractivity contribution in [3.8, 4) is 0 Å². The van der Waals surface area contributed by atoms with Gasteiger partial charge in [-0.2, -0.15) is 0 Å². The molecule has 1 aromatic rings. The van der Waals surface area contributed by atoms with Crippen molar-refractivity contribution in [2.45, 2.75) is 32.2 Å². The van der Waals surface area contributed by atoms with Gasteiger partial charge in [0.1, 0.15) is 0 Å². The lowest BCUT2D eigenvalue weighted by Crippen LogP contribution is -2.38. The largest absolute Gasteiger partial charge is 0.325 e. The molecule has 0 aliphatic rings. The average molecular weight is 164 g/mol. The highest BCUT2D eigenvalue weighted by Gasteiger charge is 2.22. The minimum absolute atomic E-state index is 0.200. The van der Waals surface area contributed by atoms with Crippen molar-refractivity contribution >= 4 is 0 Å². The van der Waals surface area contributed by atoms with Crippen molar-refractivity contribution in [2.24, 2.45) is 5.73 Å². The maximum Gasteiger partial charge on any atom is 0.0449 e. The van der Waals surface area contributed by atoms with Gasteiger partial charge in [-0.05, 0) is 26.0 Å². The molecule has 1 rings (SSSR count). The molecule has 1 unspecified atom stereocenters. The van der Waals surface area contributed by atoms with Crippen molar-refractivity contribution in [3.63, 3.8) is 0 Å². The summed E-state index contributed by atoms with van der Waals surface area (Å²) in [5, 5.41) is 0. The fourth-order valence-electron chi connectivity index (χ4n) is 1.01. The van der Waals surface area contributed by atoms with Crippen LogP contribution in [0.25, 0.3) is 0 Å². The van der Waals surface area contributed by atoms with E-state index in [9.17, 15) is 0 Å². The second-order valence-electron chi connectivity index (χ2n) is 3.80. The van der Waals surface area contributed by atoms with Crippen molar-refractivity contribution in [1.82, 2.24) is 4.98 Å². The van der Waals surface area contributed by atoms with E-state index in [2.05, 4.69) is 11.9 Å². The first-order valence-corrected chi connectivity index (χ1v) is 4.21. The molecule has 66 valence electrons. The molecule has 0 fully saturated rings. The zero-order valence-electron chi connectivity index (χ0n) is 7.91. The lowest BCUT2D eigenvalue weighted by atomic mass is 9.87. The Morgan fingerprint density at radius 3 is 2.50 bits per heavy atom. The van der Waals surface area contributed by atoms with Gasteiger partial charge in [-0.1, -0.05) is 13.0 Å². The van der Waals surface area contributed by atoms with Gasteiger partial charge in [0.05, 0.1) is 0 Å².